The van der Waals surface area contributed by atoms with Crippen molar-refractivity contribution in [3.63, 3.8) is 0 Å². The molecule has 0 heterocycles. The Labute approximate surface area is 134 Å². The molecule has 0 aliphatic carbocycles. The van der Waals surface area contributed by atoms with Crippen molar-refractivity contribution in [3.8, 4) is 0 Å². The lowest BCUT2D eigenvalue weighted by molar-refractivity contribution is 0.0597. The summed E-state index contributed by atoms with van der Waals surface area (Å²) in [5.74, 6) is -1.10. The van der Waals surface area contributed by atoms with E-state index >= 15 is 0 Å². The van der Waals surface area contributed by atoms with Gasteiger partial charge >= 0.3 is 5.97 Å². The first-order valence-corrected chi connectivity index (χ1v) is 8.51. The van der Waals surface area contributed by atoms with Crippen LogP contribution in [-0.4, -0.2) is 33.7 Å². The van der Waals surface area contributed by atoms with Crippen LogP contribution in [0.5, 0.6) is 0 Å². The maximum absolute atomic E-state index is 12.3. The standard InChI is InChI=1S/C16H15NO5S/c1-22-16(19)14-6-4-3-5-13(14)15(18)17-11-7-9-12(10-8-11)23(2,20)21/h3-10H,1-2H3,(H,17,18). The fourth-order valence-electron chi connectivity index (χ4n) is 1.95. The number of rotatable bonds is 4. The topological polar surface area (TPSA) is 89.5 Å². The molecule has 120 valence electrons. The third-order valence-electron chi connectivity index (χ3n) is 3.12. The van der Waals surface area contributed by atoms with Crippen LogP contribution in [0.1, 0.15) is 20.7 Å². The molecule has 0 aliphatic rings. The average Bonchev–Trinajstić information content (AvgIpc) is 2.53. The van der Waals surface area contributed by atoms with Crippen LogP contribution in [0.3, 0.4) is 0 Å². The highest BCUT2D eigenvalue weighted by atomic mass is 32.2. The average molecular weight is 333 g/mol. The quantitative estimate of drug-likeness (QED) is 0.866. The van der Waals surface area contributed by atoms with E-state index in [0.717, 1.165) is 6.26 Å². The fourth-order valence-corrected chi connectivity index (χ4v) is 2.58. The molecule has 0 radical (unpaired) electrons. The van der Waals surface area contributed by atoms with Gasteiger partial charge in [-0.05, 0) is 36.4 Å². The number of amides is 1. The summed E-state index contributed by atoms with van der Waals surface area (Å²) in [6.45, 7) is 0. The number of nitrogens with one attached hydrogen (secondary N) is 1. The number of ether oxygens (including phenoxy) is 1. The summed E-state index contributed by atoms with van der Waals surface area (Å²) in [7, 11) is -2.06. The Morgan fingerprint density at radius 1 is 0.957 bits per heavy atom. The van der Waals surface area contributed by atoms with Crippen molar-refractivity contribution in [2.45, 2.75) is 4.90 Å². The van der Waals surface area contributed by atoms with Gasteiger partial charge in [-0.3, -0.25) is 4.79 Å². The molecule has 0 fully saturated rings. The highest BCUT2D eigenvalue weighted by Crippen LogP contribution is 2.16. The van der Waals surface area contributed by atoms with E-state index < -0.39 is 21.7 Å². The number of carbonyl (C=O) groups is 2. The Bertz CT molecular complexity index is 841. The first-order chi connectivity index (χ1) is 10.8. The summed E-state index contributed by atoms with van der Waals surface area (Å²) in [5.41, 5.74) is 0.744. The smallest absolute Gasteiger partial charge is 0.338 e. The molecule has 2 aromatic rings. The molecule has 0 aliphatic heterocycles. The van der Waals surface area contributed by atoms with Crippen LogP contribution in [0.4, 0.5) is 5.69 Å². The lowest BCUT2D eigenvalue weighted by Crippen LogP contribution is -2.17. The second-order valence-corrected chi connectivity index (χ2v) is 6.80. The molecule has 2 aromatic carbocycles. The van der Waals surface area contributed by atoms with Gasteiger partial charge in [-0.25, -0.2) is 13.2 Å². The highest BCUT2D eigenvalue weighted by molar-refractivity contribution is 7.90. The summed E-state index contributed by atoms with van der Waals surface area (Å²) < 4.78 is 27.4. The van der Waals surface area contributed by atoms with Gasteiger partial charge in [0.25, 0.3) is 5.91 Å². The summed E-state index contributed by atoms with van der Waals surface area (Å²) in [5, 5.41) is 2.61. The lowest BCUT2D eigenvalue weighted by atomic mass is 10.1. The van der Waals surface area contributed by atoms with E-state index in [-0.39, 0.29) is 16.0 Å². The molecule has 0 saturated carbocycles. The number of anilines is 1. The minimum absolute atomic E-state index is 0.153. The number of hydrogen-bond donors (Lipinski definition) is 1. The molecule has 0 saturated heterocycles. The zero-order valence-corrected chi connectivity index (χ0v) is 13.4. The van der Waals surface area contributed by atoms with E-state index in [9.17, 15) is 18.0 Å². The van der Waals surface area contributed by atoms with Crippen LogP contribution in [0.15, 0.2) is 53.4 Å². The monoisotopic (exact) mass is 333 g/mol. The van der Waals surface area contributed by atoms with Crippen molar-refractivity contribution in [2.24, 2.45) is 0 Å². The van der Waals surface area contributed by atoms with Gasteiger partial charge in [0.2, 0.25) is 0 Å². The molecule has 2 rings (SSSR count). The number of hydrogen-bond acceptors (Lipinski definition) is 5. The lowest BCUT2D eigenvalue weighted by Gasteiger charge is -2.09. The van der Waals surface area contributed by atoms with Crippen LogP contribution in [0, 0.1) is 0 Å². The van der Waals surface area contributed by atoms with Crippen molar-refractivity contribution in [3.05, 3.63) is 59.7 Å². The van der Waals surface area contributed by atoms with Gasteiger partial charge in [0.1, 0.15) is 0 Å². The number of methoxy groups -OCH3 is 1. The number of esters is 1. The van der Waals surface area contributed by atoms with E-state index in [1.165, 1.54) is 43.5 Å². The van der Waals surface area contributed by atoms with Gasteiger partial charge in [-0.15, -0.1) is 0 Å². The van der Waals surface area contributed by atoms with Crippen molar-refractivity contribution < 1.29 is 22.7 Å². The molecule has 0 atom stereocenters. The minimum Gasteiger partial charge on any atom is -0.465 e. The summed E-state index contributed by atoms with van der Waals surface area (Å²) in [6.07, 6.45) is 1.10. The predicted molar refractivity (Wildman–Crippen MR) is 85.3 cm³/mol. The molecule has 6 nitrogen and oxygen atoms in total. The third kappa shape index (κ3) is 3.95. The van der Waals surface area contributed by atoms with E-state index in [1.807, 2.05) is 0 Å². The zero-order chi connectivity index (χ0) is 17.0. The Balaban J connectivity index is 2.25. The third-order valence-corrected chi connectivity index (χ3v) is 4.25. The van der Waals surface area contributed by atoms with Gasteiger partial charge < -0.3 is 10.1 Å². The SMILES string of the molecule is COC(=O)c1ccccc1C(=O)Nc1ccc(S(C)(=O)=O)cc1. The van der Waals surface area contributed by atoms with E-state index in [1.54, 1.807) is 12.1 Å². The zero-order valence-electron chi connectivity index (χ0n) is 12.6. The molecule has 1 N–H and O–H groups in total. The van der Waals surface area contributed by atoms with Gasteiger partial charge in [-0.1, -0.05) is 12.1 Å². The Morgan fingerprint density at radius 3 is 2.04 bits per heavy atom. The van der Waals surface area contributed by atoms with Crippen LogP contribution >= 0.6 is 0 Å². The van der Waals surface area contributed by atoms with Crippen molar-refractivity contribution in [2.75, 3.05) is 18.7 Å². The first-order valence-electron chi connectivity index (χ1n) is 6.62. The number of sulfone groups is 1. The van der Waals surface area contributed by atoms with Crippen LogP contribution in [0.25, 0.3) is 0 Å². The van der Waals surface area contributed by atoms with Crippen molar-refractivity contribution >= 4 is 27.4 Å². The summed E-state index contributed by atoms with van der Waals surface area (Å²) in [4.78, 5) is 24.1. The fraction of sp³-hybridized carbons (Fsp3) is 0.125. The summed E-state index contributed by atoms with van der Waals surface area (Å²) >= 11 is 0. The molecule has 0 bridgehead atoms. The van der Waals surface area contributed by atoms with Gasteiger partial charge in [0.05, 0.1) is 23.1 Å². The minimum atomic E-state index is -3.30. The van der Waals surface area contributed by atoms with E-state index in [0.29, 0.717) is 5.69 Å². The number of benzene rings is 2. The molecular formula is C16H15NO5S. The molecule has 1 amide bonds. The van der Waals surface area contributed by atoms with Crippen molar-refractivity contribution in [1.82, 2.24) is 0 Å². The predicted octanol–water partition coefficient (Wildman–Crippen LogP) is 2.13. The highest BCUT2D eigenvalue weighted by Gasteiger charge is 2.17. The van der Waals surface area contributed by atoms with E-state index in [2.05, 4.69) is 10.1 Å². The molecule has 0 spiro atoms. The maximum atomic E-state index is 12.3. The Kier molecular flexibility index (Phi) is 4.80. The number of carbonyl (C=O) groups excluding carboxylic acids is 2. The molecule has 7 heteroatoms. The van der Waals surface area contributed by atoms with Crippen LogP contribution in [0.2, 0.25) is 0 Å². The molecule has 0 aromatic heterocycles. The van der Waals surface area contributed by atoms with Crippen LogP contribution in [-0.2, 0) is 14.6 Å². The summed E-state index contributed by atoms with van der Waals surface area (Å²) in [6, 6.07) is 12.0. The maximum Gasteiger partial charge on any atom is 0.338 e. The van der Waals surface area contributed by atoms with Crippen LogP contribution < -0.4 is 5.32 Å². The first kappa shape index (κ1) is 16.7. The second-order valence-electron chi connectivity index (χ2n) is 4.79. The van der Waals surface area contributed by atoms with E-state index in [4.69, 9.17) is 0 Å². The normalized spacial score (nSPS) is 10.9. The van der Waals surface area contributed by atoms with Gasteiger partial charge in [0.15, 0.2) is 9.84 Å². The molecule has 23 heavy (non-hydrogen) atoms. The molecular weight excluding hydrogens is 318 g/mol. The van der Waals surface area contributed by atoms with Gasteiger partial charge in [0, 0.05) is 11.9 Å². The van der Waals surface area contributed by atoms with Gasteiger partial charge in [-0.2, -0.15) is 0 Å². The van der Waals surface area contributed by atoms with Crippen molar-refractivity contribution in [1.29, 1.82) is 0 Å². The Hall–Kier alpha value is -2.67. The molecule has 0 unspecified atom stereocenters. The largest absolute Gasteiger partial charge is 0.465 e. The Morgan fingerprint density at radius 2 is 1.52 bits per heavy atom. The second kappa shape index (κ2) is 6.62.